The van der Waals surface area contributed by atoms with Crippen LogP contribution in [0.2, 0.25) is 0 Å². The average molecular weight is 577 g/mol. The van der Waals surface area contributed by atoms with E-state index in [0.29, 0.717) is 0 Å². The second kappa shape index (κ2) is 9.00. The van der Waals surface area contributed by atoms with Crippen molar-refractivity contribution in [3.8, 4) is 11.3 Å². The van der Waals surface area contributed by atoms with Crippen molar-refractivity contribution < 1.29 is 0 Å². The highest BCUT2D eigenvalue weighted by Gasteiger charge is 2.17. The van der Waals surface area contributed by atoms with Crippen LogP contribution in [-0.4, -0.2) is 9.38 Å². The van der Waals surface area contributed by atoms with E-state index >= 15 is 0 Å². The smallest absolute Gasteiger partial charge is 0.0880 e. The molecule has 0 N–H and O–H groups in total. The van der Waals surface area contributed by atoms with E-state index in [0.717, 1.165) is 11.3 Å². The summed E-state index contributed by atoms with van der Waals surface area (Å²) < 4.78 is 5.03. The van der Waals surface area contributed by atoms with Gasteiger partial charge in [0.1, 0.15) is 0 Å². The van der Waals surface area contributed by atoms with Gasteiger partial charge in [0.25, 0.3) is 0 Å². The zero-order chi connectivity index (χ0) is 28.8. The van der Waals surface area contributed by atoms with E-state index in [-0.39, 0.29) is 0 Å². The summed E-state index contributed by atoms with van der Waals surface area (Å²) >= 11 is 1.83. The van der Waals surface area contributed by atoms with Crippen molar-refractivity contribution in [2.24, 2.45) is 0 Å². The van der Waals surface area contributed by atoms with Crippen molar-refractivity contribution in [1.82, 2.24) is 9.38 Å². The van der Waals surface area contributed by atoms with E-state index in [1.807, 2.05) is 17.5 Å². The fourth-order valence-electron chi connectivity index (χ4n) is 7.34. The lowest BCUT2D eigenvalue weighted by Crippen LogP contribution is -1.87. The van der Waals surface area contributed by atoms with Crippen LogP contribution >= 0.6 is 11.3 Å². The number of rotatable bonds is 1. The molecule has 0 amide bonds. The third-order valence-corrected chi connectivity index (χ3v) is 10.4. The molecule has 10 aromatic rings. The second-order valence-electron chi connectivity index (χ2n) is 11.5. The van der Waals surface area contributed by atoms with Crippen molar-refractivity contribution in [3.05, 3.63) is 146 Å². The van der Waals surface area contributed by atoms with E-state index in [4.69, 9.17) is 4.98 Å². The molecule has 0 atom stereocenters. The molecule has 0 saturated heterocycles. The van der Waals surface area contributed by atoms with Gasteiger partial charge in [-0.15, -0.1) is 11.3 Å². The van der Waals surface area contributed by atoms with Gasteiger partial charge >= 0.3 is 0 Å². The van der Waals surface area contributed by atoms with Crippen LogP contribution in [0, 0.1) is 0 Å². The normalized spacial score (nSPS) is 12.1. The lowest BCUT2D eigenvalue weighted by atomic mass is 10.0. The molecule has 0 saturated carbocycles. The van der Waals surface area contributed by atoms with Gasteiger partial charge in [-0.1, -0.05) is 109 Å². The third-order valence-electron chi connectivity index (χ3n) is 9.22. The van der Waals surface area contributed by atoms with E-state index in [1.54, 1.807) is 0 Å². The molecule has 0 bridgehead atoms. The van der Waals surface area contributed by atoms with Gasteiger partial charge in [-0.3, -0.25) is 4.98 Å². The minimum atomic E-state index is 1.04. The molecule has 0 aliphatic carbocycles. The largest absolute Gasteiger partial charge is 0.308 e. The molecule has 0 aliphatic rings. The Morgan fingerprint density at radius 2 is 1.00 bits per heavy atom. The van der Waals surface area contributed by atoms with Crippen LogP contribution in [0.25, 0.3) is 91.1 Å². The summed E-state index contributed by atoms with van der Waals surface area (Å²) in [6.45, 7) is 0. The van der Waals surface area contributed by atoms with Gasteiger partial charge in [0.05, 0.1) is 26.9 Å². The molecule has 0 fully saturated rings. The first-order chi connectivity index (χ1) is 21.8. The number of para-hydroxylation sites is 2. The van der Waals surface area contributed by atoms with Gasteiger partial charge in [0.2, 0.25) is 0 Å². The zero-order valence-corrected chi connectivity index (χ0v) is 24.5. The molecule has 6 aromatic carbocycles. The molecule has 10 rings (SSSR count). The van der Waals surface area contributed by atoms with Crippen LogP contribution in [0.5, 0.6) is 0 Å². The number of hydrogen-bond donors (Lipinski definition) is 0. The molecule has 0 aliphatic heterocycles. The van der Waals surface area contributed by atoms with Gasteiger partial charge in [-0.05, 0) is 51.9 Å². The summed E-state index contributed by atoms with van der Waals surface area (Å²) in [5.41, 5.74) is 5.82. The van der Waals surface area contributed by atoms with E-state index in [2.05, 4.69) is 144 Å². The Hall–Kier alpha value is -5.51. The first-order valence-electron chi connectivity index (χ1n) is 15.0. The molecule has 4 aromatic heterocycles. The van der Waals surface area contributed by atoms with Crippen LogP contribution in [-0.2, 0) is 0 Å². The highest BCUT2D eigenvalue weighted by molar-refractivity contribution is 7.26. The Morgan fingerprint density at radius 1 is 0.432 bits per heavy atom. The van der Waals surface area contributed by atoms with Crippen LogP contribution in [0.15, 0.2) is 146 Å². The first kappa shape index (κ1) is 24.0. The van der Waals surface area contributed by atoms with Gasteiger partial charge < -0.3 is 4.40 Å². The van der Waals surface area contributed by atoms with Crippen LogP contribution in [0.4, 0.5) is 0 Å². The maximum atomic E-state index is 4.95. The lowest BCUT2D eigenvalue weighted by Gasteiger charge is -2.06. The van der Waals surface area contributed by atoms with Crippen molar-refractivity contribution in [1.29, 1.82) is 0 Å². The summed E-state index contributed by atoms with van der Waals surface area (Å²) in [5.74, 6) is 0. The molecule has 3 heteroatoms. The Labute approximate surface area is 256 Å². The topological polar surface area (TPSA) is 17.3 Å². The Kier molecular flexibility index (Phi) is 4.90. The quantitative estimate of drug-likeness (QED) is 0.190. The van der Waals surface area contributed by atoms with Gasteiger partial charge in [-0.2, -0.15) is 0 Å². The predicted molar refractivity (Wildman–Crippen MR) is 190 cm³/mol. The molecular weight excluding hydrogens is 553 g/mol. The van der Waals surface area contributed by atoms with Crippen molar-refractivity contribution >= 4 is 91.1 Å². The van der Waals surface area contributed by atoms with Gasteiger partial charge in [0.15, 0.2) is 0 Å². The molecule has 2 nitrogen and oxygen atoms in total. The number of benzene rings is 6. The number of fused-ring (bicyclic) bond motifs is 13. The van der Waals surface area contributed by atoms with Gasteiger partial charge in [-0.25, -0.2) is 0 Å². The Balaban J connectivity index is 1.43. The highest BCUT2D eigenvalue weighted by Crippen LogP contribution is 2.42. The number of aromatic nitrogens is 2. The number of hydrogen-bond acceptors (Lipinski definition) is 2. The zero-order valence-electron chi connectivity index (χ0n) is 23.7. The number of nitrogens with zero attached hydrogens (tertiary/aromatic N) is 2. The number of thiophene rings is 1. The fraction of sp³-hybridized carbons (Fsp3) is 0. The van der Waals surface area contributed by atoms with E-state index in [1.165, 1.54) is 79.8 Å². The fourth-order valence-corrected chi connectivity index (χ4v) is 8.55. The molecule has 204 valence electrons. The molecule has 4 heterocycles. The van der Waals surface area contributed by atoms with E-state index in [9.17, 15) is 0 Å². The monoisotopic (exact) mass is 576 g/mol. The molecule has 0 unspecified atom stereocenters. The summed E-state index contributed by atoms with van der Waals surface area (Å²) in [6.07, 6.45) is 1.96. The molecule has 0 spiro atoms. The minimum absolute atomic E-state index is 1.04. The number of pyridine rings is 1. The van der Waals surface area contributed by atoms with Crippen molar-refractivity contribution in [2.45, 2.75) is 0 Å². The van der Waals surface area contributed by atoms with E-state index < -0.39 is 0 Å². The predicted octanol–water partition coefficient (Wildman–Crippen LogP) is 11.7. The summed E-state index contributed by atoms with van der Waals surface area (Å²) in [4.78, 5) is 4.95. The second-order valence-corrected chi connectivity index (χ2v) is 12.6. The Morgan fingerprint density at radius 3 is 1.77 bits per heavy atom. The standard InChI is InChI=1S/C41H24N2S/c1-3-12-28-26(10-1)27-11-2-4-13-29(27)32-16-9-17-33-35-24-25(20-21-37(35)43(40(32)33)36-18-7-5-14-30(28)36)39-41-34(22-23-42-39)31-15-6-8-19-38(31)44-41/h1-24H. The maximum absolute atomic E-state index is 4.95. The van der Waals surface area contributed by atoms with Crippen LogP contribution in [0.1, 0.15) is 0 Å². The molecular formula is C41H24N2S. The first-order valence-corrected chi connectivity index (χ1v) is 15.8. The summed E-state index contributed by atoms with van der Waals surface area (Å²) in [7, 11) is 0. The third kappa shape index (κ3) is 3.22. The maximum Gasteiger partial charge on any atom is 0.0880 e. The minimum Gasteiger partial charge on any atom is -0.308 e. The lowest BCUT2D eigenvalue weighted by molar-refractivity contribution is 1.35. The average Bonchev–Trinajstić information content (AvgIpc) is 3.64. The molecule has 0 radical (unpaired) electrons. The van der Waals surface area contributed by atoms with Gasteiger partial charge in [0, 0.05) is 48.8 Å². The summed E-state index contributed by atoms with van der Waals surface area (Å²) in [5, 5.41) is 12.5. The van der Waals surface area contributed by atoms with Crippen molar-refractivity contribution in [2.75, 3.05) is 0 Å². The highest BCUT2D eigenvalue weighted by atomic mass is 32.1. The SMILES string of the molecule is c1ccc2c(c1)sc1c(-c3ccc4c(c3)c3cccc5c6ccccc6c6ccccc6c6ccccc6n4c53)nccc12. The Bertz CT molecular complexity index is 2840. The van der Waals surface area contributed by atoms with Crippen molar-refractivity contribution in [3.63, 3.8) is 0 Å². The van der Waals surface area contributed by atoms with Crippen LogP contribution in [0.3, 0.4) is 0 Å². The van der Waals surface area contributed by atoms with Crippen LogP contribution < -0.4 is 0 Å². The molecule has 44 heavy (non-hydrogen) atoms. The summed E-state index contributed by atoms with van der Waals surface area (Å²) in [6, 6.07) is 51.1.